The zero-order valence-corrected chi connectivity index (χ0v) is 11.2. The third-order valence-corrected chi connectivity index (χ3v) is 4.72. The van der Waals surface area contributed by atoms with Gasteiger partial charge in [-0.05, 0) is 30.2 Å². The van der Waals surface area contributed by atoms with Crippen LogP contribution >= 0.6 is 0 Å². The Morgan fingerprint density at radius 2 is 1.95 bits per heavy atom. The molecule has 0 unspecified atom stereocenters. The fourth-order valence-electron chi connectivity index (χ4n) is 3.88. The maximum Gasteiger partial charge on any atom is 0.321 e. The predicted octanol–water partition coefficient (Wildman–Crippen LogP) is 2.76. The molecule has 1 aromatic rings. The molecule has 2 aliphatic rings. The molecular weight excluding hydrogens is 238 g/mol. The van der Waals surface area contributed by atoms with Crippen molar-refractivity contribution in [2.24, 2.45) is 11.8 Å². The molecule has 0 aromatic heterocycles. The Morgan fingerprint density at radius 3 is 2.68 bits per heavy atom. The van der Waals surface area contributed by atoms with E-state index in [1.54, 1.807) is 0 Å². The predicted molar refractivity (Wildman–Crippen MR) is 73.7 cm³/mol. The molecule has 1 aliphatic heterocycles. The number of carboxylic acid groups (broad SMARTS) is 1. The maximum atomic E-state index is 11.6. The molecule has 1 aliphatic carbocycles. The number of likely N-dealkylation sites (tertiary alicyclic amines) is 1. The Bertz CT molecular complexity index is 445. The second-order valence-electron chi connectivity index (χ2n) is 5.91. The van der Waals surface area contributed by atoms with Crippen molar-refractivity contribution in [1.82, 2.24) is 4.90 Å². The average molecular weight is 259 g/mol. The number of benzene rings is 1. The second kappa shape index (κ2) is 5.33. The molecule has 1 saturated heterocycles. The lowest BCUT2D eigenvalue weighted by Gasteiger charge is -2.27. The molecule has 0 amide bonds. The van der Waals surface area contributed by atoms with Crippen LogP contribution in [0.3, 0.4) is 0 Å². The maximum absolute atomic E-state index is 11.6. The summed E-state index contributed by atoms with van der Waals surface area (Å²) in [7, 11) is 0. The van der Waals surface area contributed by atoms with E-state index >= 15 is 0 Å². The molecule has 0 radical (unpaired) electrons. The van der Waals surface area contributed by atoms with E-state index in [-0.39, 0.29) is 6.04 Å². The Balaban J connectivity index is 1.78. The van der Waals surface area contributed by atoms with Crippen molar-refractivity contribution in [3.63, 3.8) is 0 Å². The number of hydrogen-bond donors (Lipinski definition) is 1. The van der Waals surface area contributed by atoms with Gasteiger partial charge in [-0.25, -0.2) is 0 Å². The van der Waals surface area contributed by atoms with Crippen LogP contribution in [0.4, 0.5) is 0 Å². The van der Waals surface area contributed by atoms with Gasteiger partial charge in [-0.1, -0.05) is 43.2 Å². The van der Waals surface area contributed by atoms with Crippen LogP contribution in [-0.4, -0.2) is 28.6 Å². The van der Waals surface area contributed by atoms with Gasteiger partial charge in [0.25, 0.3) is 0 Å². The normalized spacial score (nSPS) is 31.1. The number of nitrogens with zero attached hydrogens (tertiary/aromatic N) is 1. The summed E-state index contributed by atoms with van der Waals surface area (Å²) in [6.45, 7) is 1.72. The smallest absolute Gasteiger partial charge is 0.321 e. The molecule has 0 spiro atoms. The number of fused-ring (bicyclic) bond motifs is 1. The summed E-state index contributed by atoms with van der Waals surface area (Å²) in [4.78, 5) is 13.8. The largest absolute Gasteiger partial charge is 0.480 e. The van der Waals surface area contributed by atoms with Crippen LogP contribution < -0.4 is 0 Å². The molecule has 102 valence electrons. The number of carboxylic acids is 1. The SMILES string of the molecule is O=C(O)[C@@H]1[C@H]2CCCC[C@H]2CN1Cc1ccccc1. The highest BCUT2D eigenvalue weighted by Crippen LogP contribution is 2.41. The average Bonchev–Trinajstić information content (AvgIpc) is 2.77. The van der Waals surface area contributed by atoms with Gasteiger partial charge in [-0.3, -0.25) is 9.69 Å². The minimum Gasteiger partial charge on any atom is -0.480 e. The standard InChI is InChI=1S/C16H21NO2/c18-16(19)15-14-9-5-4-8-13(14)11-17(15)10-12-6-2-1-3-7-12/h1-3,6-7,13-15H,4-5,8-11H2,(H,18,19)/t13-,14-,15-/m0/s1. The van der Waals surface area contributed by atoms with Crippen molar-refractivity contribution < 1.29 is 9.90 Å². The molecule has 3 nitrogen and oxygen atoms in total. The number of aliphatic carboxylic acids is 1. The van der Waals surface area contributed by atoms with Crippen molar-refractivity contribution in [3.05, 3.63) is 35.9 Å². The van der Waals surface area contributed by atoms with Gasteiger partial charge in [0.2, 0.25) is 0 Å². The first kappa shape index (κ1) is 12.7. The third kappa shape index (κ3) is 2.52. The molecule has 1 saturated carbocycles. The van der Waals surface area contributed by atoms with Crippen LogP contribution in [0.2, 0.25) is 0 Å². The van der Waals surface area contributed by atoms with E-state index in [0.717, 1.165) is 19.5 Å². The Morgan fingerprint density at radius 1 is 1.21 bits per heavy atom. The fourth-order valence-corrected chi connectivity index (χ4v) is 3.88. The summed E-state index contributed by atoms with van der Waals surface area (Å²) in [6, 6.07) is 9.94. The summed E-state index contributed by atoms with van der Waals surface area (Å²) in [5, 5.41) is 9.56. The van der Waals surface area contributed by atoms with E-state index in [9.17, 15) is 9.90 Å². The first-order chi connectivity index (χ1) is 9.25. The van der Waals surface area contributed by atoms with Crippen LogP contribution in [0.1, 0.15) is 31.2 Å². The molecule has 3 rings (SSSR count). The van der Waals surface area contributed by atoms with E-state index in [2.05, 4.69) is 17.0 Å². The Hall–Kier alpha value is -1.35. The van der Waals surface area contributed by atoms with Crippen LogP contribution in [0, 0.1) is 11.8 Å². The molecule has 3 heteroatoms. The van der Waals surface area contributed by atoms with Crippen LogP contribution in [-0.2, 0) is 11.3 Å². The second-order valence-corrected chi connectivity index (χ2v) is 5.91. The van der Waals surface area contributed by atoms with Gasteiger partial charge >= 0.3 is 5.97 Å². The van der Waals surface area contributed by atoms with Gasteiger partial charge in [0.05, 0.1) is 0 Å². The summed E-state index contributed by atoms with van der Waals surface area (Å²) < 4.78 is 0. The Labute approximate surface area is 114 Å². The van der Waals surface area contributed by atoms with Crippen LogP contribution in [0.15, 0.2) is 30.3 Å². The van der Waals surface area contributed by atoms with E-state index in [4.69, 9.17) is 0 Å². The van der Waals surface area contributed by atoms with Crippen molar-refractivity contribution in [2.45, 2.75) is 38.3 Å². The van der Waals surface area contributed by atoms with Gasteiger partial charge < -0.3 is 5.11 Å². The molecular formula is C16H21NO2. The van der Waals surface area contributed by atoms with Crippen molar-refractivity contribution in [1.29, 1.82) is 0 Å². The minimum absolute atomic E-state index is 0.273. The quantitative estimate of drug-likeness (QED) is 0.907. The molecule has 1 aromatic carbocycles. The molecule has 1 heterocycles. The van der Waals surface area contributed by atoms with Crippen molar-refractivity contribution >= 4 is 5.97 Å². The monoisotopic (exact) mass is 259 g/mol. The van der Waals surface area contributed by atoms with Gasteiger partial charge in [0.15, 0.2) is 0 Å². The van der Waals surface area contributed by atoms with Gasteiger partial charge in [0.1, 0.15) is 6.04 Å². The molecule has 2 fully saturated rings. The summed E-state index contributed by atoms with van der Waals surface area (Å²) in [5.41, 5.74) is 1.22. The number of rotatable bonds is 3. The summed E-state index contributed by atoms with van der Waals surface area (Å²) in [6.07, 6.45) is 4.77. The number of hydrogen-bond acceptors (Lipinski definition) is 2. The lowest BCUT2D eigenvalue weighted by molar-refractivity contribution is -0.144. The van der Waals surface area contributed by atoms with E-state index < -0.39 is 5.97 Å². The fraction of sp³-hybridized carbons (Fsp3) is 0.562. The van der Waals surface area contributed by atoms with Crippen molar-refractivity contribution in [3.8, 4) is 0 Å². The zero-order chi connectivity index (χ0) is 13.2. The third-order valence-electron chi connectivity index (χ3n) is 4.72. The minimum atomic E-state index is -0.634. The highest BCUT2D eigenvalue weighted by molar-refractivity contribution is 5.74. The lowest BCUT2D eigenvalue weighted by atomic mass is 9.78. The molecule has 1 N–H and O–H groups in total. The van der Waals surface area contributed by atoms with Crippen LogP contribution in [0.25, 0.3) is 0 Å². The van der Waals surface area contributed by atoms with Crippen LogP contribution in [0.5, 0.6) is 0 Å². The zero-order valence-electron chi connectivity index (χ0n) is 11.2. The summed E-state index contributed by atoms with van der Waals surface area (Å²) >= 11 is 0. The highest BCUT2D eigenvalue weighted by atomic mass is 16.4. The molecule has 19 heavy (non-hydrogen) atoms. The van der Waals surface area contributed by atoms with Gasteiger partial charge in [0, 0.05) is 13.1 Å². The first-order valence-corrected chi connectivity index (χ1v) is 7.26. The molecule has 3 atom stereocenters. The topological polar surface area (TPSA) is 40.5 Å². The lowest BCUT2D eigenvalue weighted by Crippen LogP contribution is -2.39. The Kier molecular flexibility index (Phi) is 3.56. The van der Waals surface area contributed by atoms with E-state index in [1.807, 2.05) is 18.2 Å². The highest BCUT2D eigenvalue weighted by Gasteiger charge is 2.46. The van der Waals surface area contributed by atoms with E-state index in [1.165, 1.54) is 24.8 Å². The first-order valence-electron chi connectivity index (χ1n) is 7.26. The van der Waals surface area contributed by atoms with Gasteiger partial charge in [-0.15, -0.1) is 0 Å². The number of carbonyl (C=O) groups is 1. The van der Waals surface area contributed by atoms with E-state index in [0.29, 0.717) is 11.8 Å². The molecule has 0 bridgehead atoms. The van der Waals surface area contributed by atoms with Crippen molar-refractivity contribution in [2.75, 3.05) is 6.54 Å². The summed E-state index contributed by atoms with van der Waals surface area (Å²) in [5.74, 6) is 0.332. The van der Waals surface area contributed by atoms with Gasteiger partial charge in [-0.2, -0.15) is 0 Å².